The molecular formula is C22H31N5O. The van der Waals surface area contributed by atoms with Gasteiger partial charge < -0.3 is 20.3 Å². The van der Waals surface area contributed by atoms with Crippen molar-refractivity contribution in [3.05, 3.63) is 53.6 Å². The fourth-order valence-electron chi connectivity index (χ4n) is 2.80. The predicted octanol–water partition coefficient (Wildman–Crippen LogP) is 3.31. The van der Waals surface area contributed by atoms with Crippen molar-refractivity contribution in [1.29, 1.82) is 0 Å². The van der Waals surface area contributed by atoms with E-state index in [0.29, 0.717) is 12.0 Å². The van der Waals surface area contributed by atoms with Gasteiger partial charge in [0.15, 0.2) is 0 Å². The molecule has 0 atom stereocenters. The summed E-state index contributed by atoms with van der Waals surface area (Å²) in [5, 5.41) is 6.62. The van der Waals surface area contributed by atoms with Gasteiger partial charge in [-0.1, -0.05) is 18.6 Å². The van der Waals surface area contributed by atoms with Gasteiger partial charge in [-0.05, 0) is 51.4 Å². The zero-order valence-corrected chi connectivity index (χ0v) is 17.3. The van der Waals surface area contributed by atoms with Gasteiger partial charge >= 0.3 is 0 Å². The highest BCUT2D eigenvalue weighted by atomic mass is 16.5. The number of ether oxygens (including phenoxy) is 1. The fraction of sp³-hybridized carbons (Fsp3) is 0.455. The number of hydrogen-bond donors (Lipinski definition) is 2. The molecule has 0 unspecified atom stereocenters. The number of allylic oxidation sites excluding steroid dienone is 3. The molecule has 1 fully saturated rings. The Morgan fingerprint density at radius 1 is 1.46 bits per heavy atom. The van der Waals surface area contributed by atoms with E-state index in [4.69, 9.17) is 4.74 Å². The number of amidine groups is 1. The smallest absolute Gasteiger partial charge is 0.221 e. The summed E-state index contributed by atoms with van der Waals surface area (Å²) in [5.41, 5.74) is 3.36. The van der Waals surface area contributed by atoms with E-state index in [1.807, 2.05) is 32.4 Å². The lowest BCUT2D eigenvalue weighted by atomic mass is 10.0. The Bertz CT molecular complexity index is 805. The first-order chi connectivity index (χ1) is 13.6. The molecule has 2 heterocycles. The van der Waals surface area contributed by atoms with E-state index in [2.05, 4.69) is 51.5 Å². The lowest BCUT2D eigenvalue weighted by molar-refractivity contribution is 0.290. The Balaban J connectivity index is 2.04. The van der Waals surface area contributed by atoms with E-state index in [-0.39, 0.29) is 0 Å². The van der Waals surface area contributed by atoms with Crippen molar-refractivity contribution < 1.29 is 4.74 Å². The molecule has 28 heavy (non-hydrogen) atoms. The summed E-state index contributed by atoms with van der Waals surface area (Å²) >= 11 is 0. The summed E-state index contributed by atoms with van der Waals surface area (Å²) in [6.45, 7) is 5.89. The monoisotopic (exact) mass is 381 g/mol. The van der Waals surface area contributed by atoms with Gasteiger partial charge in [0.2, 0.25) is 5.88 Å². The predicted molar refractivity (Wildman–Crippen MR) is 115 cm³/mol. The highest BCUT2D eigenvalue weighted by Crippen LogP contribution is 2.33. The van der Waals surface area contributed by atoms with Crippen LogP contribution < -0.4 is 15.4 Å². The fourth-order valence-corrected chi connectivity index (χ4v) is 2.80. The van der Waals surface area contributed by atoms with Gasteiger partial charge in [0, 0.05) is 37.1 Å². The topological polar surface area (TPSA) is 61.8 Å². The molecule has 0 spiro atoms. The molecule has 1 saturated carbocycles. The second-order valence-corrected chi connectivity index (χ2v) is 7.20. The quantitative estimate of drug-likeness (QED) is 0.677. The number of aromatic nitrogens is 1. The Labute approximate surface area is 168 Å². The van der Waals surface area contributed by atoms with Gasteiger partial charge in [-0.25, -0.2) is 4.98 Å². The van der Waals surface area contributed by atoms with Gasteiger partial charge in [-0.15, -0.1) is 0 Å². The van der Waals surface area contributed by atoms with Crippen molar-refractivity contribution in [1.82, 2.24) is 20.5 Å². The molecule has 3 rings (SSSR count). The van der Waals surface area contributed by atoms with Crippen LogP contribution in [0.1, 0.15) is 38.7 Å². The highest BCUT2D eigenvalue weighted by molar-refractivity contribution is 5.97. The number of pyridine rings is 1. The van der Waals surface area contributed by atoms with Gasteiger partial charge in [-0.2, -0.15) is 0 Å². The molecule has 0 aromatic carbocycles. The van der Waals surface area contributed by atoms with Crippen LogP contribution >= 0.6 is 0 Å². The van der Waals surface area contributed by atoms with E-state index in [9.17, 15) is 0 Å². The van der Waals surface area contributed by atoms with Crippen LogP contribution in [0.3, 0.4) is 0 Å². The van der Waals surface area contributed by atoms with Crippen LogP contribution in [0.25, 0.3) is 5.57 Å². The Morgan fingerprint density at radius 2 is 2.29 bits per heavy atom. The van der Waals surface area contributed by atoms with E-state index < -0.39 is 0 Å². The minimum absolute atomic E-state index is 0.298. The van der Waals surface area contributed by atoms with Crippen LogP contribution in [-0.2, 0) is 0 Å². The molecule has 6 nitrogen and oxygen atoms in total. The Hall–Kier alpha value is -2.60. The normalized spacial score (nSPS) is 20.4. The van der Waals surface area contributed by atoms with Crippen LogP contribution in [-0.4, -0.2) is 49.0 Å². The maximum atomic E-state index is 6.11. The number of nitrogens with one attached hydrogen (secondary N) is 2. The Kier molecular flexibility index (Phi) is 6.87. The molecule has 1 aromatic heterocycles. The number of aliphatic imine (C=N–C) groups is 1. The highest BCUT2D eigenvalue weighted by Gasteiger charge is 2.26. The summed E-state index contributed by atoms with van der Waals surface area (Å²) < 4.78 is 6.11. The third-order valence-corrected chi connectivity index (χ3v) is 4.77. The van der Waals surface area contributed by atoms with E-state index >= 15 is 0 Å². The number of hydrogen-bond acceptors (Lipinski definition) is 5. The third-order valence-electron chi connectivity index (χ3n) is 4.77. The third kappa shape index (κ3) is 5.23. The molecule has 1 aliphatic heterocycles. The SMILES string of the molecule is CCC(C)=C/C(=C1/NC(=NCCNC)C=CN1C)c1cccnc1OC1CC1. The second-order valence-electron chi connectivity index (χ2n) is 7.20. The van der Waals surface area contributed by atoms with Gasteiger partial charge in [-0.3, -0.25) is 4.99 Å². The zero-order chi connectivity index (χ0) is 19.9. The summed E-state index contributed by atoms with van der Waals surface area (Å²) in [5.74, 6) is 2.54. The van der Waals surface area contributed by atoms with Crippen LogP contribution in [0.2, 0.25) is 0 Å². The first kappa shape index (κ1) is 20.1. The van der Waals surface area contributed by atoms with Crippen LogP contribution in [0, 0.1) is 0 Å². The molecule has 0 bridgehead atoms. The van der Waals surface area contributed by atoms with Crippen molar-refractivity contribution in [2.45, 2.75) is 39.2 Å². The molecule has 150 valence electrons. The average molecular weight is 382 g/mol. The molecule has 1 aromatic rings. The largest absolute Gasteiger partial charge is 0.474 e. The molecule has 0 radical (unpaired) electrons. The standard InChI is InChI=1S/C22H31N5O/c1-5-16(2)15-19(18-7-6-11-25-22(18)28-17-8-9-17)21-26-20(10-14-27(21)4)24-13-12-23-3/h6-7,10-11,14-15,17,23H,5,8-9,12-13H2,1-4H3,(H,24,26)/b16-15?,21-19+. The van der Waals surface area contributed by atoms with E-state index in [0.717, 1.165) is 55.1 Å². The number of likely N-dealkylation sites (N-methyl/N-ethyl adjacent to an activating group) is 1. The number of nitrogens with zero attached hydrogens (tertiary/aromatic N) is 3. The van der Waals surface area contributed by atoms with Crippen molar-refractivity contribution in [3.8, 4) is 5.88 Å². The molecular weight excluding hydrogens is 350 g/mol. The maximum Gasteiger partial charge on any atom is 0.221 e. The van der Waals surface area contributed by atoms with Crippen molar-refractivity contribution in [2.24, 2.45) is 4.99 Å². The van der Waals surface area contributed by atoms with Gasteiger partial charge in [0.25, 0.3) is 0 Å². The first-order valence-electron chi connectivity index (χ1n) is 10.0. The molecule has 0 amide bonds. The molecule has 2 aliphatic rings. The minimum atomic E-state index is 0.298. The average Bonchev–Trinajstić information content (AvgIpc) is 3.52. The number of rotatable bonds is 8. The second kappa shape index (κ2) is 9.55. The molecule has 2 N–H and O–H groups in total. The molecule has 0 saturated heterocycles. The van der Waals surface area contributed by atoms with E-state index in [1.165, 1.54) is 5.57 Å². The summed E-state index contributed by atoms with van der Waals surface area (Å²) in [7, 11) is 3.97. The van der Waals surface area contributed by atoms with Crippen molar-refractivity contribution >= 4 is 11.4 Å². The van der Waals surface area contributed by atoms with Crippen molar-refractivity contribution in [2.75, 3.05) is 27.2 Å². The van der Waals surface area contributed by atoms with Crippen molar-refractivity contribution in [3.63, 3.8) is 0 Å². The molecule has 6 heteroatoms. The molecule has 1 aliphatic carbocycles. The van der Waals surface area contributed by atoms with Gasteiger partial charge in [0.1, 0.15) is 17.8 Å². The lowest BCUT2D eigenvalue weighted by Gasteiger charge is -2.27. The first-order valence-corrected chi connectivity index (χ1v) is 10.0. The van der Waals surface area contributed by atoms with Crippen LogP contribution in [0.4, 0.5) is 0 Å². The van der Waals surface area contributed by atoms with Crippen LogP contribution in [0.5, 0.6) is 5.88 Å². The van der Waals surface area contributed by atoms with Gasteiger partial charge in [0.05, 0.1) is 6.54 Å². The Morgan fingerprint density at radius 3 is 3.00 bits per heavy atom. The maximum absolute atomic E-state index is 6.11. The summed E-state index contributed by atoms with van der Waals surface area (Å²) in [4.78, 5) is 11.2. The van der Waals surface area contributed by atoms with Crippen LogP contribution in [0.15, 0.2) is 53.1 Å². The summed E-state index contributed by atoms with van der Waals surface area (Å²) in [6.07, 6.45) is 11.5. The lowest BCUT2D eigenvalue weighted by Crippen LogP contribution is -2.35. The van der Waals surface area contributed by atoms with E-state index in [1.54, 1.807) is 6.20 Å². The minimum Gasteiger partial charge on any atom is -0.474 e. The summed E-state index contributed by atoms with van der Waals surface area (Å²) in [6, 6.07) is 4.05. The zero-order valence-electron chi connectivity index (χ0n) is 17.3.